The smallest absolute Gasteiger partial charge is 0.308 e. The van der Waals surface area contributed by atoms with Gasteiger partial charge in [0.1, 0.15) is 0 Å². The van der Waals surface area contributed by atoms with Crippen molar-refractivity contribution in [1.82, 2.24) is 4.57 Å². The molecule has 0 spiro atoms. The SMILES string of the molecule is CCCn1c(=O)sc2cc(NC(=O)c3ccc(CC)cc3)ccc21. The van der Waals surface area contributed by atoms with E-state index in [1.54, 1.807) is 4.57 Å². The molecule has 0 unspecified atom stereocenters. The maximum atomic E-state index is 12.3. The van der Waals surface area contributed by atoms with Crippen molar-refractivity contribution in [2.24, 2.45) is 0 Å². The summed E-state index contributed by atoms with van der Waals surface area (Å²) in [4.78, 5) is 24.4. The Bertz CT molecular complexity index is 923. The maximum absolute atomic E-state index is 12.3. The van der Waals surface area contributed by atoms with Crippen molar-refractivity contribution >= 4 is 33.1 Å². The lowest BCUT2D eigenvalue weighted by atomic mass is 10.1. The number of thiazole rings is 1. The van der Waals surface area contributed by atoms with Gasteiger partial charge >= 0.3 is 4.87 Å². The second-order valence-electron chi connectivity index (χ2n) is 5.71. The summed E-state index contributed by atoms with van der Waals surface area (Å²) in [5, 5.41) is 2.90. The van der Waals surface area contributed by atoms with Crippen LogP contribution in [0.1, 0.15) is 36.2 Å². The van der Waals surface area contributed by atoms with Crippen molar-refractivity contribution in [3.63, 3.8) is 0 Å². The predicted octanol–water partition coefficient (Wildman–Crippen LogP) is 4.29. The minimum Gasteiger partial charge on any atom is -0.322 e. The predicted molar refractivity (Wildman–Crippen MR) is 100 cm³/mol. The van der Waals surface area contributed by atoms with Crippen LogP contribution < -0.4 is 10.2 Å². The summed E-state index contributed by atoms with van der Waals surface area (Å²) in [5.41, 5.74) is 3.47. The Morgan fingerprint density at radius 3 is 2.54 bits per heavy atom. The van der Waals surface area contributed by atoms with Gasteiger partial charge in [-0.05, 0) is 48.7 Å². The van der Waals surface area contributed by atoms with Gasteiger partial charge in [0.2, 0.25) is 0 Å². The van der Waals surface area contributed by atoms with Crippen molar-refractivity contribution in [3.05, 3.63) is 63.3 Å². The van der Waals surface area contributed by atoms with Gasteiger partial charge in [-0.3, -0.25) is 14.2 Å². The van der Waals surface area contributed by atoms with E-state index in [0.29, 0.717) is 17.8 Å². The number of carbonyl (C=O) groups is 1. The number of amides is 1. The molecule has 0 saturated carbocycles. The van der Waals surface area contributed by atoms with Crippen LogP contribution in [0.4, 0.5) is 5.69 Å². The number of anilines is 1. The number of nitrogens with one attached hydrogen (secondary N) is 1. The Kier molecular flexibility index (Phi) is 4.81. The summed E-state index contributed by atoms with van der Waals surface area (Å²) in [6, 6.07) is 13.2. The summed E-state index contributed by atoms with van der Waals surface area (Å²) in [6.45, 7) is 4.85. The van der Waals surface area contributed by atoms with Gasteiger partial charge in [0.25, 0.3) is 5.91 Å². The second kappa shape index (κ2) is 7.01. The first-order valence-corrected chi connectivity index (χ1v) is 8.97. The monoisotopic (exact) mass is 340 g/mol. The normalized spacial score (nSPS) is 10.9. The summed E-state index contributed by atoms with van der Waals surface area (Å²) in [7, 11) is 0. The molecule has 0 aliphatic carbocycles. The molecule has 0 bridgehead atoms. The Balaban J connectivity index is 1.84. The number of rotatable bonds is 5. The molecule has 3 rings (SSSR count). The van der Waals surface area contributed by atoms with Crippen LogP contribution in [0.15, 0.2) is 47.3 Å². The Morgan fingerprint density at radius 1 is 1.12 bits per heavy atom. The zero-order valence-corrected chi connectivity index (χ0v) is 14.7. The van der Waals surface area contributed by atoms with Gasteiger partial charge in [-0.1, -0.05) is 37.3 Å². The first-order chi connectivity index (χ1) is 11.6. The van der Waals surface area contributed by atoms with Crippen molar-refractivity contribution in [2.45, 2.75) is 33.2 Å². The fourth-order valence-electron chi connectivity index (χ4n) is 2.67. The number of aromatic nitrogens is 1. The quantitative estimate of drug-likeness (QED) is 0.753. The molecular formula is C19H20N2O2S. The van der Waals surface area contributed by atoms with Gasteiger partial charge in [0.05, 0.1) is 10.2 Å². The zero-order valence-electron chi connectivity index (χ0n) is 13.8. The van der Waals surface area contributed by atoms with Crippen molar-refractivity contribution < 1.29 is 4.79 Å². The number of hydrogen-bond donors (Lipinski definition) is 1. The van der Waals surface area contributed by atoms with Crippen LogP contribution in [0.3, 0.4) is 0 Å². The highest BCUT2D eigenvalue weighted by Crippen LogP contribution is 2.22. The third-order valence-corrected chi connectivity index (χ3v) is 4.94. The van der Waals surface area contributed by atoms with Crippen LogP contribution in [0.5, 0.6) is 0 Å². The fraction of sp³-hybridized carbons (Fsp3) is 0.263. The standard InChI is InChI=1S/C19H20N2O2S/c1-3-11-21-16-10-9-15(12-17(16)24-19(21)23)20-18(22)14-7-5-13(4-2)6-8-14/h5-10,12H,3-4,11H2,1-2H3,(H,20,22). The van der Waals surface area contributed by atoms with Gasteiger partial charge in [0.15, 0.2) is 0 Å². The highest BCUT2D eigenvalue weighted by Gasteiger charge is 2.10. The molecule has 1 N–H and O–H groups in total. The Hall–Kier alpha value is -2.40. The average Bonchev–Trinajstić information content (AvgIpc) is 2.90. The van der Waals surface area contributed by atoms with Crippen LogP contribution in [-0.2, 0) is 13.0 Å². The molecule has 2 aromatic carbocycles. The summed E-state index contributed by atoms with van der Waals surface area (Å²) < 4.78 is 2.68. The molecule has 0 radical (unpaired) electrons. The van der Waals surface area contributed by atoms with Crippen LogP contribution in [0.2, 0.25) is 0 Å². The van der Waals surface area contributed by atoms with Gasteiger partial charge in [-0.2, -0.15) is 0 Å². The first kappa shape index (κ1) is 16.5. The van der Waals surface area contributed by atoms with E-state index in [9.17, 15) is 9.59 Å². The van der Waals surface area contributed by atoms with Crippen LogP contribution in [-0.4, -0.2) is 10.5 Å². The number of nitrogens with zero attached hydrogens (tertiary/aromatic N) is 1. The van der Waals surface area contributed by atoms with Gasteiger partial charge in [-0.25, -0.2) is 0 Å². The van der Waals surface area contributed by atoms with Crippen molar-refractivity contribution in [3.8, 4) is 0 Å². The van der Waals surface area contributed by atoms with E-state index in [2.05, 4.69) is 12.2 Å². The van der Waals surface area contributed by atoms with E-state index in [4.69, 9.17) is 0 Å². The molecule has 3 aromatic rings. The molecule has 1 heterocycles. The van der Waals surface area contributed by atoms with Gasteiger partial charge < -0.3 is 5.32 Å². The number of benzene rings is 2. The molecule has 124 valence electrons. The molecule has 0 aliphatic rings. The molecule has 4 nitrogen and oxygen atoms in total. The third kappa shape index (κ3) is 3.26. The van der Waals surface area contributed by atoms with Gasteiger partial charge in [-0.15, -0.1) is 0 Å². The summed E-state index contributed by atoms with van der Waals surface area (Å²) >= 11 is 1.22. The van der Waals surface area contributed by atoms with E-state index in [1.165, 1.54) is 16.9 Å². The molecule has 0 fully saturated rings. The first-order valence-electron chi connectivity index (χ1n) is 8.16. The number of hydrogen-bond acceptors (Lipinski definition) is 3. The van der Waals surface area contributed by atoms with E-state index < -0.39 is 0 Å². The zero-order chi connectivity index (χ0) is 17.1. The van der Waals surface area contributed by atoms with E-state index in [1.807, 2.05) is 49.4 Å². The lowest BCUT2D eigenvalue weighted by molar-refractivity contribution is 0.102. The lowest BCUT2D eigenvalue weighted by Gasteiger charge is -2.07. The maximum Gasteiger partial charge on any atom is 0.308 e. The third-order valence-electron chi connectivity index (χ3n) is 4.00. The number of carbonyl (C=O) groups excluding carboxylic acids is 1. The molecular weight excluding hydrogens is 320 g/mol. The largest absolute Gasteiger partial charge is 0.322 e. The van der Waals surface area contributed by atoms with E-state index >= 15 is 0 Å². The van der Waals surface area contributed by atoms with Crippen LogP contribution in [0, 0.1) is 0 Å². The Labute approximate surface area is 144 Å². The van der Waals surface area contributed by atoms with Gasteiger partial charge in [0, 0.05) is 17.8 Å². The van der Waals surface area contributed by atoms with Crippen LogP contribution >= 0.6 is 11.3 Å². The molecule has 1 amide bonds. The molecule has 1 aromatic heterocycles. The number of fused-ring (bicyclic) bond motifs is 1. The minimum absolute atomic E-state index is 0.0467. The molecule has 0 aliphatic heterocycles. The molecule has 5 heteroatoms. The summed E-state index contributed by atoms with van der Waals surface area (Å²) in [5.74, 6) is -0.141. The second-order valence-corrected chi connectivity index (χ2v) is 6.70. The average molecular weight is 340 g/mol. The topological polar surface area (TPSA) is 51.1 Å². The van der Waals surface area contributed by atoms with Crippen molar-refractivity contribution in [1.29, 1.82) is 0 Å². The molecule has 0 saturated heterocycles. The van der Waals surface area contributed by atoms with Crippen LogP contribution in [0.25, 0.3) is 10.2 Å². The Morgan fingerprint density at radius 2 is 1.88 bits per heavy atom. The highest BCUT2D eigenvalue weighted by molar-refractivity contribution is 7.16. The lowest BCUT2D eigenvalue weighted by Crippen LogP contribution is -2.12. The van der Waals surface area contributed by atoms with E-state index in [0.717, 1.165) is 23.1 Å². The minimum atomic E-state index is -0.141. The molecule has 24 heavy (non-hydrogen) atoms. The fourth-order valence-corrected chi connectivity index (χ4v) is 3.63. The van der Waals surface area contributed by atoms with E-state index in [-0.39, 0.29) is 10.8 Å². The summed E-state index contributed by atoms with van der Waals surface area (Å²) in [6.07, 6.45) is 1.87. The highest BCUT2D eigenvalue weighted by atomic mass is 32.1. The number of aryl methyl sites for hydroxylation is 2. The van der Waals surface area contributed by atoms with Crippen molar-refractivity contribution in [2.75, 3.05) is 5.32 Å². The molecule has 0 atom stereocenters.